The van der Waals surface area contributed by atoms with Crippen LogP contribution in [0.25, 0.3) is 0 Å². The highest BCUT2D eigenvalue weighted by Crippen LogP contribution is 2.25. The fraction of sp³-hybridized carbons (Fsp3) is 0.111. The second-order valence-electron chi connectivity index (χ2n) is 4.81. The van der Waals surface area contributed by atoms with Gasteiger partial charge in [0.2, 0.25) is 0 Å². The van der Waals surface area contributed by atoms with Gasteiger partial charge in [0.25, 0.3) is 0 Å². The first-order valence-electron chi connectivity index (χ1n) is 6.80. The summed E-state index contributed by atoms with van der Waals surface area (Å²) < 4.78 is 10.8. The molecule has 1 aromatic heterocycles. The minimum absolute atomic E-state index is 0.506. The summed E-state index contributed by atoms with van der Waals surface area (Å²) in [4.78, 5) is 0. The van der Waals surface area contributed by atoms with Crippen molar-refractivity contribution in [2.75, 3.05) is 0 Å². The molecular weight excluding hydrogens is 264 g/mol. The van der Waals surface area contributed by atoms with E-state index in [-0.39, 0.29) is 0 Å². The van der Waals surface area contributed by atoms with E-state index in [0.717, 1.165) is 22.4 Å². The van der Waals surface area contributed by atoms with Crippen LogP contribution in [0.1, 0.15) is 22.8 Å². The normalized spacial score (nSPS) is 12.0. The Morgan fingerprint density at radius 1 is 0.952 bits per heavy atom. The third-order valence-electron chi connectivity index (χ3n) is 3.28. The summed E-state index contributed by atoms with van der Waals surface area (Å²) in [6.45, 7) is 0.506. The van der Waals surface area contributed by atoms with Crippen molar-refractivity contribution in [3.05, 3.63) is 89.9 Å². The van der Waals surface area contributed by atoms with Crippen LogP contribution in [0, 0.1) is 0 Å². The molecule has 3 rings (SSSR count). The lowest BCUT2D eigenvalue weighted by atomic mass is 10.0. The fourth-order valence-electron chi connectivity index (χ4n) is 2.14. The second kappa shape index (κ2) is 6.29. The Morgan fingerprint density at radius 2 is 1.81 bits per heavy atom. The molecule has 0 saturated carbocycles. The molecule has 3 nitrogen and oxygen atoms in total. The lowest BCUT2D eigenvalue weighted by Crippen LogP contribution is -2.00. The van der Waals surface area contributed by atoms with Crippen LogP contribution in [-0.4, -0.2) is 5.11 Å². The van der Waals surface area contributed by atoms with E-state index in [9.17, 15) is 5.11 Å². The second-order valence-corrected chi connectivity index (χ2v) is 4.81. The molecule has 0 radical (unpaired) electrons. The van der Waals surface area contributed by atoms with Crippen LogP contribution in [0.4, 0.5) is 0 Å². The average molecular weight is 280 g/mol. The third-order valence-corrected chi connectivity index (χ3v) is 3.28. The zero-order valence-electron chi connectivity index (χ0n) is 11.5. The van der Waals surface area contributed by atoms with Crippen molar-refractivity contribution in [2.45, 2.75) is 12.7 Å². The van der Waals surface area contributed by atoms with Crippen molar-refractivity contribution in [1.29, 1.82) is 0 Å². The molecule has 0 aliphatic rings. The Morgan fingerprint density at radius 3 is 2.57 bits per heavy atom. The van der Waals surface area contributed by atoms with Crippen LogP contribution < -0.4 is 4.74 Å². The van der Waals surface area contributed by atoms with Gasteiger partial charge in [0.1, 0.15) is 18.5 Å². The Bertz CT molecular complexity index is 675. The molecule has 3 aromatic rings. The highest BCUT2D eigenvalue weighted by molar-refractivity contribution is 5.34. The van der Waals surface area contributed by atoms with Crippen molar-refractivity contribution in [3.63, 3.8) is 0 Å². The van der Waals surface area contributed by atoms with Gasteiger partial charge in [-0.15, -0.1) is 0 Å². The topological polar surface area (TPSA) is 42.6 Å². The molecule has 3 heteroatoms. The van der Waals surface area contributed by atoms with E-state index >= 15 is 0 Å². The smallest absolute Gasteiger partial charge is 0.120 e. The Kier molecular flexibility index (Phi) is 4.03. The lowest BCUT2D eigenvalue weighted by molar-refractivity contribution is 0.218. The maximum absolute atomic E-state index is 10.3. The summed E-state index contributed by atoms with van der Waals surface area (Å²) in [5.74, 6) is 0.735. The number of furan rings is 1. The lowest BCUT2D eigenvalue weighted by Gasteiger charge is -2.11. The van der Waals surface area contributed by atoms with Gasteiger partial charge in [-0.2, -0.15) is 0 Å². The molecule has 0 aliphatic heterocycles. The molecule has 0 fully saturated rings. The summed E-state index contributed by atoms with van der Waals surface area (Å²) in [5.41, 5.74) is 2.62. The van der Waals surface area contributed by atoms with Gasteiger partial charge in [-0.1, -0.05) is 42.5 Å². The van der Waals surface area contributed by atoms with Crippen molar-refractivity contribution < 1.29 is 14.3 Å². The van der Waals surface area contributed by atoms with Crippen LogP contribution in [0.2, 0.25) is 0 Å². The quantitative estimate of drug-likeness (QED) is 0.769. The zero-order chi connectivity index (χ0) is 14.5. The molecule has 106 valence electrons. The predicted molar refractivity (Wildman–Crippen MR) is 80.0 cm³/mol. The molecule has 2 aromatic carbocycles. The van der Waals surface area contributed by atoms with Crippen molar-refractivity contribution >= 4 is 0 Å². The molecule has 1 heterocycles. The number of aliphatic hydroxyl groups is 1. The number of rotatable bonds is 5. The van der Waals surface area contributed by atoms with Gasteiger partial charge in [-0.25, -0.2) is 0 Å². The molecular formula is C18H16O3. The summed E-state index contributed by atoms with van der Waals surface area (Å²) >= 11 is 0. The van der Waals surface area contributed by atoms with E-state index in [4.69, 9.17) is 9.15 Å². The molecule has 0 saturated heterocycles. The molecule has 1 unspecified atom stereocenters. The zero-order valence-corrected chi connectivity index (χ0v) is 11.5. The van der Waals surface area contributed by atoms with E-state index in [0.29, 0.717) is 6.61 Å². The molecule has 21 heavy (non-hydrogen) atoms. The average Bonchev–Trinajstić information content (AvgIpc) is 3.08. The van der Waals surface area contributed by atoms with Crippen molar-refractivity contribution in [3.8, 4) is 5.75 Å². The maximum Gasteiger partial charge on any atom is 0.120 e. The van der Waals surface area contributed by atoms with Gasteiger partial charge in [0, 0.05) is 5.56 Å². The number of hydrogen-bond donors (Lipinski definition) is 1. The SMILES string of the molecule is OC(c1ccoc1)c1cccc(OCc2ccccc2)c1. The molecule has 0 spiro atoms. The van der Waals surface area contributed by atoms with E-state index < -0.39 is 6.10 Å². The minimum Gasteiger partial charge on any atom is -0.489 e. The Hall–Kier alpha value is -2.52. The van der Waals surface area contributed by atoms with Gasteiger partial charge in [-0.3, -0.25) is 0 Å². The first-order valence-corrected chi connectivity index (χ1v) is 6.80. The van der Waals surface area contributed by atoms with Gasteiger partial charge >= 0.3 is 0 Å². The summed E-state index contributed by atoms with van der Waals surface area (Å²) in [6.07, 6.45) is 2.39. The van der Waals surface area contributed by atoms with Crippen molar-refractivity contribution in [1.82, 2.24) is 0 Å². The fourth-order valence-corrected chi connectivity index (χ4v) is 2.14. The highest BCUT2D eigenvalue weighted by atomic mass is 16.5. The third kappa shape index (κ3) is 3.33. The highest BCUT2D eigenvalue weighted by Gasteiger charge is 2.12. The van der Waals surface area contributed by atoms with Crippen LogP contribution in [0.5, 0.6) is 5.75 Å². The summed E-state index contributed by atoms with van der Waals surface area (Å²) in [5, 5.41) is 10.3. The summed E-state index contributed by atoms with van der Waals surface area (Å²) in [7, 11) is 0. The van der Waals surface area contributed by atoms with Gasteiger partial charge < -0.3 is 14.3 Å². The van der Waals surface area contributed by atoms with E-state index in [1.807, 2.05) is 54.6 Å². The van der Waals surface area contributed by atoms with E-state index in [2.05, 4.69) is 0 Å². The number of hydrogen-bond acceptors (Lipinski definition) is 3. The monoisotopic (exact) mass is 280 g/mol. The van der Waals surface area contributed by atoms with E-state index in [1.54, 1.807) is 18.6 Å². The molecule has 0 bridgehead atoms. The summed E-state index contributed by atoms with van der Waals surface area (Å²) in [6, 6.07) is 19.2. The first-order chi connectivity index (χ1) is 10.3. The Labute approximate surface area is 123 Å². The minimum atomic E-state index is -0.705. The number of aliphatic hydroxyl groups excluding tert-OH is 1. The first kappa shape index (κ1) is 13.5. The van der Waals surface area contributed by atoms with Crippen LogP contribution in [0.3, 0.4) is 0 Å². The molecule has 1 atom stereocenters. The Balaban J connectivity index is 1.71. The number of benzene rings is 2. The van der Waals surface area contributed by atoms with Gasteiger partial charge in [-0.05, 0) is 29.3 Å². The largest absolute Gasteiger partial charge is 0.489 e. The molecule has 0 amide bonds. The number of ether oxygens (including phenoxy) is 1. The van der Waals surface area contributed by atoms with Crippen LogP contribution >= 0.6 is 0 Å². The molecule has 0 aliphatic carbocycles. The van der Waals surface area contributed by atoms with Gasteiger partial charge in [0.15, 0.2) is 0 Å². The standard InChI is InChI=1S/C18H16O3/c19-18(16-9-10-20-13-16)15-7-4-8-17(11-15)21-12-14-5-2-1-3-6-14/h1-11,13,18-19H,12H2. The van der Waals surface area contributed by atoms with Crippen LogP contribution in [0.15, 0.2) is 77.6 Å². The van der Waals surface area contributed by atoms with E-state index in [1.165, 1.54) is 0 Å². The van der Waals surface area contributed by atoms with Crippen molar-refractivity contribution in [2.24, 2.45) is 0 Å². The van der Waals surface area contributed by atoms with Crippen LogP contribution in [-0.2, 0) is 6.61 Å². The maximum atomic E-state index is 10.3. The van der Waals surface area contributed by atoms with Gasteiger partial charge in [0.05, 0.1) is 12.5 Å². The molecule has 1 N–H and O–H groups in total. The predicted octanol–water partition coefficient (Wildman–Crippen LogP) is 3.94.